The average Bonchev–Trinajstić information content (AvgIpc) is 3.00. The summed E-state index contributed by atoms with van der Waals surface area (Å²) >= 11 is 0. The van der Waals surface area contributed by atoms with E-state index in [2.05, 4.69) is 21.2 Å². The quantitative estimate of drug-likeness (QED) is 0.154. The summed E-state index contributed by atoms with van der Waals surface area (Å²) in [6.45, 7) is 5.61. The molecular formula is C34H34FN5O7S. The van der Waals surface area contributed by atoms with Crippen molar-refractivity contribution in [3.05, 3.63) is 98.8 Å². The van der Waals surface area contributed by atoms with Crippen molar-refractivity contribution in [1.82, 2.24) is 20.0 Å². The highest BCUT2D eigenvalue weighted by Gasteiger charge is 2.24. The summed E-state index contributed by atoms with van der Waals surface area (Å²) in [6.07, 6.45) is 4.95. The fraction of sp³-hybridized carbons (Fsp3) is 0.265. The largest absolute Gasteiger partial charge is 0.480 e. The number of H-pyrrole nitrogens is 1. The van der Waals surface area contributed by atoms with Gasteiger partial charge in [0, 0.05) is 18.7 Å². The maximum atomic E-state index is 15.3. The van der Waals surface area contributed by atoms with Gasteiger partial charge in [0.05, 0.1) is 27.9 Å². The molecule has 0 saturated heterocycles. The molecule has 3 aromatic carbocycles. The number of aliphatic carboxylic acids is 1. The molecule has 250 valence electrons. The summed E-state index contributed by atoms with van der Waals surface area (Å²) in [7, 11) is -4.11. The topological polar surface area (TPSA) is 179 Å². The number of aromatic nitrogens is 2. The number of benzene rings is 3. The van der Waals surface area contributed by atoms with Crippen molar-refractivity contribution in [2.45, 2.75) is 57.5 Å². The second-order valence-electron chi connectivity index (χ2n) is 11.3. The minimum Gasteiger partial charge on any atom is -0.480 e. The predicted octanol–water partition coefficient (Wildman–Crippen LogP) is 3.49. The van der Waals surface area contributed by atoms with Gasteiger partial charge in [-0.05, 0) is 87.2 Å². The number of aryl methyl sites for hydroxylation is 3. The maximum absolute atomic E-state index is 15.3. The van der Waals surface area contributed by atoms with Crippen LogP contribution < -0.4 is 20.5 Å². The Kier molecular flexibility index (Phi) is 11.0. The number of hydrogen-bond acceptors (Lipinski definition) is 8. The molecule has 0 aliphatic rings. The monoisotopic (exact) mass is 675 g/mol. The Labute approximate surface area is 276 Å². The molecular weight excluding hydrogens is 641 g/mol. The van der Waals surface area contributed by atoms with E-state index in [0.29, 0.717) is 22.4 Å². The average molecular weight is 676 g/mol. The Hall–Kier alpha value is -5.55. The van der Waals surface area contributed by atoms with Gasteiger partial charge in [0.15, 0.2) is 0 Å². The van der Waals surface area contributed by atoms with Crippen LogP contribution in [0, 0.1) is 38.9 Å². The molecule has 4 N–H and O–H groups in total. The second-order valence-corrected chi connectivity index (χ2v) is 13.0. The molecule has 12 nitrogen and oxygen atoms in total. The first-order valence-electron chi connectivity index (χ1n) is 14.8. The highest BCUT2D eigenvalue weighted by Crippen LogP contribution is 2.24. The Morgan fingerprint density at radius 1 is 1.08 bits per heavy atom. The first kappa shape index (κ1) is 35.3. The molecule has 0 fully saturated rings. The summed E-state index contributed by atoms with van der Waals surface area (Å²) in [5, 5.41) is 12.3. The summed E-state index contributed by atoms with van der Waals surface area (Å²) in [5.41, 5.74) is 2.60. The fourth-order valence-electron chi connectivity index (χ4n) is 5.00. The standard InChI is InChI=1S/C34H34FN5O7S/c1-5-15-40(19-23-17-27-30(16-21(23)3)36-22(4)37-33(27)43)24-11-14-26(28(35)18-24)32(42)38-29(34(44)45)7-6-8-31(41)39-48(46,47)25-12-9-20(2)10-13-25/h1,9-14,16-18,29H,6-8,15,19H2,2-4H3,(H,38,42)(H,39,41)(H,44,45)(H,36,37,43)/t29-/m0/s1. The summed E-state index contributed by atoms with van der Waals surface area (Å²) in [6, 6.07) is 11.7. The zero-order valence-corrected chi connectivity index (χ0v) is 27.3. The zero-order chi connectivity index (χ0) is 35.2. The molecule has 48 heavy (non-hydrogen) atoms. The van der Waals surface area contributed by atoms with Crippen molar-refractivity contribution in [3.8, 4) is 12.3 Å². The van der Waals surface area contributed by atoms with Crippen LogP contribution in [0.1, 0.15) is 52.1 Å². The van der Waals surface area contributed by atoms with Crippen molar-refractivity contribution in [1.29, 1.82) is 0 Å². The van der Waals surface area contributed by atoms with E-state index in [9.17, 15) is 32.7 Å². The number of anilines is 1. The Bertz CT molecular complexity index is 2090. The molecule has 4 aromatic rings. The first-order valence-corrected chi connectivity index (χ1v) is 16.3. The van der Waals surface area contributed by atoms with Gasteiger partial charge in [-0.2, -0.15) is 0 Å². The number of halogens is 1. The molecule has 0 unspecified atom stereocenters. The third-order valence-electron chi connectivity index (χ3n) is 7.57. The molecule has 0 saturated carbocycles. The van der Waals surface area contributed by atoms with E-state index in [0.717, 1.165) is 22.8 Å². The number of carboxylic acid groups (broad SMARTS) is 1. The van der Waals surface area contributed by atoms with Gasteiger partial charge in [0.25, 0.3) is 21.5 Å². The van der Waals surface area contributed by atoms with Crippen LogP contribution in [-0.4, -0.2) is 53.9 Å². The van der Waals surface area contributed by atoms with E-state index in [1.807, 2.05) is 11.6 Å². The number of sulfonamides is 1. The van der Waals surface area contributed by atoms with Crippen LogP contribution >= 0.6 is 0 Å². The lowest BCUT2D eigenvalue weighted by molar-refractivity contribution is -0.139. The molecule has 0 bridgehead atoms. The third-order valence-corrected chi connectivity index (χ3v) is 8.96. The molecule has 1 atom stereocenters. The van der Waals surface area contributed by atoms with Crippen molar-refractivity contribution >= 4 is 44.4 Å². The summed E-state index contributed by atoms with van der Waals surface area (Å²) in [4.78, 5) is 58.2. The molecule has 0 spiro atoms. The minimum atomic E-state index is -4.11. The van der Waals surface area contributed by atoms with Gasteiger partial charge < -0.3 is 20.3 Å². The molecule has 1 aromatic heterocycles. The van der Waals surface area contributed by atoms with Crippen molar-refractivity contribution in [2.24, 2.45) is 0 Å². The van der Waals surface area contributed by atoms with Crippen LogP contribution in [0.2, 0.25) is 0 Å². The van der Waals surface area contributed by atoms with E-state index in [1.54, 1.807) is 43.0 Å². The molecule has 0 radical (unpaired) electrons. The van der Waals surface area contributed by atoms with E-state index in [-0.39, 0.29) is 42.8 Å². The van der Waals surface area contributed by atoms with Crippen LogP contribution in [0.15, 0.2) is 64.3 Å². The normalized spacial score (nSPS) is 11.8. The number of carboxylic acids is 1. The van der Waals surface area contributed by atoms with Gasteiger partial charge in [-0.15, -0.1) is 6.42 Å². The number of fused-ring (bicyclic) bond motifs is 1. The smallest absolute Gasteiger partial charge is 0.326 e. The van der Waals surface area contributed by atoms with Crippen LogP contribution in [0.5, 0.6) is 0 Å². The van der Waals surface area contributed by atoms with E-state index < -0.39 is 45.2 Å². The number of amides is 2. The van der Waals surface area contributed by atoms with Gasteiger partial charge in [-0.1, -0.05) is 23.6 Å². The van der Waals surface area contributed by atoms with Gasteiger partial charge in [0.2, 0.25) is 5.91 Å². The lowest BCUT2D eigenvalue weighted by Crippen LogP contribution is -2.41. The number of nitrogens with one attached hydrogen (secondary N) is 3. The van der Waals surface area contributed by atoms with Crippen molar-refractivity contribution in [3.63, 3.8) is 0 Å². The predicted molar refractivity (Wildman–Crippen MR) is 177 cm³/mol. The molecule has 0 aliphatic heterocycles. The number of carbonyl (C=O) groups is 3. The Balaban J connectivity index is 1.41. The molecule has 14 heteroatoms. The number of terminal acetylenes is 1. The minimum absolute atomic E-state index is 0.0753. The van der Waals surface area contributed by atoms with E-state index in [4.69, 9.17) is 6.42 Å². The maximum Gasteiger partial charge on any atom is 0.326 e. The highest BCUT2D eigenvalue weighted by molar-refractivity contribution is 7.90. The zero-order valence-electron chi connectivity index (χ0n) is 26.5. The number of aromatic amines is 1. The van der Waals surface area contributed by atoms with Gasteiger partial charge >= 0.3 is 5.97 Å². The molecule has 1 heterocycles. The number of nitrogens with zero attached hydrogens (tertiary/aromatic N) is 2. The Morgan fingerprint density at radius 2 is 1.79 bits per heavy atom. The number of carbonyl (C=O) groups excluding carboxylic acids is 2. The number of hydrogen-bond donors (Lipinski definition) is 4. The lowest BCUT2D eigenvalue weighted by atomic mass is 10.0. The molecule has 0 aliphatic carbocycles. The number of rotatable bonds is 13. The summed E-state index contributed by atoms with van der Waals surface area (Å²) < 4.78 is 42.1. The van der Waals surface area contributed by atoms with Crippen LogP contribution in [0.3, 0.4) is 0 Å². The van der Waals surface area contributed by atoms with Crippen molar-refractivity contribution in [2.75, 3.05) is 11.4 Å². The Morgan fingerprint density at radius 3 is 2.44 bits per heavy atom. The van der Waals surface area contributed by atoms with Gasteiger partial charge in [0.1, 0.15) is 17.7 Å². The van der Waals surface area contributed by atoms with Crippen LogP contribution in [0.25, 0.3) is 10.9 Å². The van der Waals surface area contributed by atoms with Crippen molar-refractivity contribution < 1.29 is 32.3 Å². The lowest BCUT2D eigenvalue weighted by Gasteiger charge is -2.24. The third kappa shape index (κ3) is 8.62. The molecule has 4 rings (SSSR count). The first-order chi connectivity index (χ1) is 22.7. The van der Waals surface area contributed by atoms with E-state index >= 15 is 4.39 Å². The van der Waals surface area contributed by atoms with Gasteiger partial charge in [-0.3, -0.25) is 14.4 Å². The molecule has 2 amide bonds. The fourth-order valence-corrected chi connectivity index (χ4v) is 6.01. The van der Waals surface area contributed by atoms with E-state index in [1.165, 1.54) is 24.3 Å². The van der Waals surface area contributed by atoms with Gasteiger partial charge in [-0.25, -0.2) is 27.3 Å². The SMILES string of the molecule is C#CCN(Cc1cc2c(=O)[nH]c(C)nc2cc1C)c1ccc(C(=O)N[C@@H](CCCC(=O)NS(=O)(=O)c2ccc(C)cc2)C(=O)O)c(F)c1. The highest BCUT2D eigenvalue weighted by atomic mass is 32.2. The summed E-state index contributed by atoms with van der Waals surface area (Å²) in [5.74, 6) is -1.17. The van der Waals surface area contributed by atoms with Crippen LogP contribution in [-0.2, 0) is 26.2 Å². The second kappa shape index (κ2) is 14.9. The van der Waals surface area contributed by atoms with Crippen LogP contribution in [0.4, 0.5) is 10.1 Å².